The van der Waals surface area contributed by atoms with Crippen molar-refractivity contribution in [2.75, 3.05) is 13.1 Å². The summed E-state index contributed by atoms with van der Waals surface area (Å²) in [4.78, 5) is 13.1. The minimum Gasteiger partial charge on any atom is -0.389 e. The summed E-state index contributed by atoms with van der Waals surface area (Å²) in [7, 11) is 0. The lowest BCUT2D eigenvalue weighted by Gasteiger charge is -2.35. The molecule has 1 aromatic rings. The molecule has 1 saturated heterocycles. The molecule has 80 valence electrons. The van der Waals surface area contributed by atoms with Crippen LogP contribution in [0.3, 0.4) is 0 Å². The molecule has 0 atom stereocenters. The molecule has 2 rings (SSSR count). The first-order chi connectivity index (χ1) is 7.08. The minimum atomic E-state index is -0.512. The van der Waals surface area contributed by atoms with Crippen molar-refractivity contribution in [1.29, 1.82) is 0 Å². The summed E-state index contributed by atoms with van der Waals surface area (Å²) in [6, 6.07) is 4.41. The number of nitrogens with zero attached hydrogens (tertiary/aromatic N) is 1. The van der Waals surface area contributed by atoms with E-state index in [0.29, 0.717) is 13.1 Å². The fourth-order valence-electron chi connectivity index (χ4n) is 1.45. The molecule has 1 heterocycles. The number of halogens is 2. The number of β-amino-alcohol motifs (C(OH)–C–C–N with tert-alkyl or cyclic N) is 1. The fraction of sp³-hybridized carbons (Fsp3) is 0.300. The molecule has 1 amide bonds. The molecule has 3 nitrogen and oxygen atoms in total. The van der Waals surface area contributed by atoms with E-state index < -0.39 is 11.9 Å². The van der Waals surface area contributed by atoms with Crippen molar-refractivity contribution in [1.82, 2.24) is 4.90 Å². The van der Waals surface area contributed by atoms with Crippen molar-refractivity contribution >= 4 is 28.5 Å². The summed E-state index contributed by atoms with van der Waals surface area (Å²) in [6.07, 6.45) is -0.459. The van der Waals surface area contributed by atoms with Crippen molar-refractivity contribution in [3.63, 3.8) is 0 Å². The number of rotatable bonds is 1. The minimum absolute atomic E-state index is 0.0776. The predicted molar refractivity (Wildman–Crippen MR) is 61.0 cm³/mol. The number of aliphatic hydroxyl groups is 1. The largest absolute Gasteiger partial charge is 0.389 e. The average Bonchev–Trinajstić information content (AvgIpc) is 2.16. The van der Waals surface area contributed by atoms with Crippen LogP contribution in [-0.2, 0) is 0 Å². The molecular weight excluding hydrogens is 312 g/mol. The first-order valence-electron chi connectivity index (χ1n) is 4.50. The number of hydrogen-bond donors (Lipinski definition) is 1. The maximum Gasteiger partial charge on any atom is 0.257 e. The lowest BCUT2D eigenvalue weighted by atomic mass is 10.1. The number of amides is 1. The van der Waals surface area contributed by atoms with E-state index in [9.17, 15) is 9.18 Å². The Balaban J connectivity index is 2.22. The van der Waals surface area contributed by atoms with Gasteiger partial charge >= 0.3 is 0 Å². The van der Waals surface area contributed by atoms with Gasteiger partial charge in [0.2, 0.25) is 0 Å². The fourth-order valence-corrected chi connectivity index (χ4v) is 1.94. The third-order valence-electron chi connectivity index (χ3n) is 2.31. The second kappa shape index (κ2) is 4.05. The summed E-state index contributed by atoms with van der Waals surface area (Å²) in [5.41, 5.74) is 0.0776. The van der Waals surface area contributed by atoms with E-state index in [-0.39, 0.29) is 11.5 Å². The molecule has 1 aliphatic rings. The van der Waals surface area contributed by atoms with Crippen LogP contribution in [-0.4, -0.2) is 35.1 Å². The maximum atomic E-state index is 13.3. The highest BCUT2D eigenvalue weighted by molar-refractivity contribution is 14.1. The zero-order valence-electron chi connectivity index (χ0n) is 7.78. The number of carbonyl (C=O) groups is 1. The number of hydrogen-bond acceptors (Lipinski definition) is 2. The second-order valence-electron chi connectivity index (χ2n) is 3.49. The van der Waals surface area contributed by atoms with Gasteiger partial charge in [0.15, 0.2) is 0 Å². The summed E-state index contributed by atoms with van der Waals surface area (Å²) < 4.78 is 14.1. The van der Waals surface area contributed by atoms with Crippen LogP contribution in [0.25, 0.3) is 0 Å². The van der Waals surface area contributed by atoms with E-state index in [1.54, 1.807) is 6.07 Å². The maximum absolute atomic E-state index is 13.3. The summed E-state index contributed by atoms with van der Waals surface area (Å²) >= 11 is 2.03. The van der Waals surface area contributed by atoms with E-state index in [1.165, 1.54) is 17.0 Å². The quantitative estimate of drug-likeness (QED) is 0.791. The molecule has 1 aromatic carbocycles. The van der Waals surface area contributed by atoms with Crippen LogP contribution in [0, 0.1) is 9.39 Å². The third-order valence-corrected chi connectivity index (χ3v) is 2.98. The Morgan fingerprint density at radius 1 is 1.53 bits per heavy atom. The van der Waals surface area contributed by atoms with Gasteiger partial charge in [0.1, 0.15) is 5.82 Å². The molecule has 5 heteroatoms. The Morgan fingerprint density at radius 2 is 2.20 bits per heavy atom. The molecule has 0 bridgehead atoms. The van der Waals surface area contributed by atoms with Crippen molar-refractivity contribution in [2.45, 2.75) is 6.10 Å². The highest BCUT2D eigenvalue weighted by Gasteiger charge is 2.30. The highest BCUT2D eigenvalue weighted by atomic mass is 127. The van der Waals surface area contributed by atoms with Crippen LogP contribution in [0.4, 0.5) is 4.39 Å². The molecule has 0 saturated carbocycles. The first kappa shape index (κ1) is 10.8. The smallest absolute Gasteiger partial charge is 0.257 e. The van der Waals surface area contributed by atoms with Crippen LogP contribution in [0.5, 0.6) is 0 Å². The van der Waals surface area contributed by atoms with Gasteiger partial charge in [-0.3, -0.25) is 4.79 Å². The van der Waals surface area contributed by atoms with Crippen molar-refractivity contribution in [3.8, 4) is 0 Å². The van der Waals surface area contributed by atoms with Crippen LogP contribution in [0.2, 0.25) is 0 Å². The monoisotopic (exact) mass is 321 g/mol. The molecule has 1 aliphatic heterocycles. The molecule has 0 spiro atoms. The van der Waals surface area contributed by atoms with Crippen molar-refractivity contribution < 1.29 is 14.3 Å². The van der Waals surface area contributed by atoms with E-state index in [1.807, 2.05) is 22.6 Å². The predicted octanol–water partition coefficient (Wildman–Crippen LogP) is 1.25. The first-order valence-corrected chi connectivity index (χ1v) is 5.58. The normalized spacial score (nSPS) is 16.3. The Hall–Kier alpha value is -0.690. The lowest BCUT2D eigenvalue weighted by molar-refractivity contribution is 0.00558. The van der Waals surface area contributed by atoms with Crippen LogP contribution < -0.4 is 0 Å². The molecule has 0 unspecified atom stereocenters. The van der Waals surface area contributed by atoms with Gasteiger partial charge < -0.3 is 10.0 Å². The van der Waals surface area contributed by atoms with Gasteiger partial charge in [0, 0.05) is 16.7 Å². The molecular formula is C10H9FINO2. The van der Waals surface area contributed by atoms with Gasteiger partial charge in [0.25, 0.3) is 5.91 Å². The topological polar surface area (TPSA) is 40.5 Å². The van der Waals surface area contributed by atoms with Crippen LogP contribution in [0.15, 0.2) is 18.2 Å². The molecule has 1 N–H and O–H groups in total. The van der Waals surface area contributed by atoms with Crippen LogP contribution >= 0.6 is 22.6 Å². The number of benzene rings is 1. The number of aliphatic hydroxyl groups excluding tert-OH is 1. The lowest BCUT2D eigenvalue weighted by Crippen LogP contribution is -2.53. The van der Waals surface area contributed by atoms with Gasteiger partial charge in [0.05, 0.1) is 11.7 Å². The molecule has 0 radical (unpaired) electrons. The molecule has 1 fully saturated rings. The highest BCUT2D eigenvalue weighted by Crippen LogP contribution is 2.18. The van der Waals surface area contributed by atoms with Gasteiger partial charge in [-0.15, -0.1) is 0 Å². The van der Waals surface area contributed by atoms with Crippen molar-refractivity contribution in [3.05, 3.63) is 33.1 Å². The molecule has 0 aromatic heterocycles. The third kappa shape index (κ3) is 2.12. The van der Waals surface area contributed by atoms with Gasteiger partial charge in [-0.2, -0.15) is 0 Å². The van der Waals surface area contributed by atoms with E-state index in [2.05, 4.69) is 0 Å². The summed E-state index contributed by atoms with van der Waals surface area (Å²) in [5, 5.41) is 9.05. The molecule has 15 heavy (non-hydrogen) atoms. The van der Waals surface area contributed by atoms with E-state index in [4.69, 9.17) is 5.11 Å². The zero-order chi connectivity index (χ0) is 11.0. The van der Waals surface area contributed by atoms with Gasteiger partial charge in [-0.1, -0.05) is 0 Å². The second-order valence-corrected chi connectivity index (χ2v) is 4.73. The number of likely N-dealkylation sites (tertiary alicyclic amines) is 1. The number of carbonyl (C=O) groups excluding carboxylic acids is 1. The van der Waals surface area contributed by atoms with Gasteiger partial charge in [-0.25, -0.2) is 4.39 Å². The summed E-state index contributed by atoms with van der Waals surface area (Å²) in [5.74, 6) is -0.863. The Labute approximate surface area is 100 Å². The van der Waals surface area contributed by atoms with E-state index >= 15 is 0 Å². The van der Waals surface area contributed by atoms with Gasteiger partial charge in [-0.05, 0) is 40.8 Å². The Bertz CT molecular complexity index is 404. The zero-order valence-corrected chi connectivity index (χ0v) is 9.94. The molecule has 0 aliphatic carbocycles. The average molecular weight is 321 g/mol. The SMILES string of the molecule is O=C(c1cc(I)ccc1F)N1CC(O)C1. The van der Waals surface area contributed by atoms with E-state index in [0.717, 1.165) is 3.57 Å². The van der Waals surface area contributed by atoms with Crippen LogP contribution in [0.1, 0.15) is 10.4 Å². The summed E-state index contributed by atoms with van der Waals surface area (Å²) in [6.45, 7) is 0.591. The van der Waals surface area contributed by atoms with Crippen molar-refractivity contribution in [2.24, 2.45) is 0 Å². The standard InChI is InChI=1S/C10H9FINO2/c11-9-2-1-6(12)3-8(9)10(15)13-4-7(14)5-13/h1-3,7,14H,4-5H2. The Kier molecular flexibility index (Phi) is 2.92. The Morgan fingerprint density at radius 3 is 2.80 bits per heavy atom.